The highest BCUT2D eigenvalue weighted by Crippen LogP contribution is 2.27. The summed E-state index contributed by atoms with van der Waals surface area (Å²) in [4.78, 5) is 0. The van der Waals surface area contributed by atoms with Crippen LogP contribution in [0.25, 0.3) is 0 Å². The van der Waals surface area contributed by atoms with E-state index in [1.807, 2.05) is 0 Å². The van der Waals surface area contributed by atoms with Crippen LogP contribution >= 0.6 is 0 Å². The first kappa shape index (κ1) is 25.5. The largest absolute Gasteiger partial charge is 0.355 e. The molecule has 2 aromatic rings. The fourth-order valence-corrected chi connectivity index (χ4v) is 4.39. The molecule has 2 rings (SSSR count). The number of nitrogens with one attached hydrogen (secondary N) is 1. The molecule has 1 heteroatoms. The van der Waals surface area contributed by atoms with Gasteiger partial charge >= 0.3 is 0 Å². The van der Waals surface area contributed by atoms with E-state index in [2.05, 4.69) is 81.5 Å². The van der Waals surface area contributed by atoms with Crippen LogP contribution in [0.2, 0.25) is 0 Å². The van der Waals surface area contributed by atoms with E-state index in [0.29, 0.717) is 0 Å². The summed E-state index contributed by atoms with van der Waals surface area (Å²) < 4.78 is 0. The highest BCUT2D eigenvalue weighted by Gasteiger charge is 2.09. The molecule has 0 bridgehead atoms. The summed E-state index contributed by atoms with van der Waals surface area (Å²) in [5.41, 5.74) is 5.61. The van der Waals surface area contributed by atoms with Crippen LogP contribution in [-0.2, 0) is 12.8 Å². The summed E-state index contributed by atoms with van der Waals surface area (Å²) in [6, 6.07) is 17.5. The van der Waals surface area contributed by atoms with Crippen LogP contribution in [-0.4, -0.2) is 0 Å². The molecule has 0 aliphatic rings. The first-order chi connectivity index (χ1) is 15.1. The van der Waals surface area contributed by atoms with E-state index in [-0.39, 0.29) is 0 Å². The second kappa shape index (κ2) is 15.1. The molecule has 0 aromatic heterocycles. The lowest BCUT2D eigenvalue weighted by molar-refractivity contribution is 0.518. The summed E-state index contributed by atoms with van der Waals surface area (Å²) in [6.45, 7) is 9.34. The molecule has 0 spiro atoms. The Morgan fingerprint density at radius 3 is 1.77 bits per heavy atom. The van der Waals surface area contributed by atoms with Crippen LogP contribution < -0.4 is 5.32 Å². The zero-order valence-electron chi connectivity index (χ0n) is 20.8. The molecular formula is C30H47N. The normalized spacial score (nSPS) is 11.4. The Hall–Kier alpha value is -1.76. The third kappa shape index (κ3) is 10.9. The van der Waals surface area contributed by atoms with E-state index < -0.39 is 0 Å². The number of benzene rings is 2. The van der Waals surface area contributed by atoms with Crippen molar-refractivity contribution in [2.75, 3.05) is 5.32 Å². The lowest BCUT2D eigenvalue weighted by Gasteiger charge is -2.17. The van der Waals surface area contributed by atoms with Gasteiger partial charge in [-0.05, 0) is 66.8 Å². The molecule has 0 atom stereocenters. The van der Waals surface area contributed by atoms with Crippen molar-refractivity contribution < 1.29 is 0 Å². The minimum Gasteiger partial charge on any atom is -0.355 e. The van der Waals surface area contributed by atoms with E-state index in [9.17, 15) is 0 Å². The SMILES string of the molecule is CC(C)CCCCCCc1cccc(Nc2ccccc2)c1CCCCCCC(C)C. The van der Waals surface area contributed by atoms with E-state index in [0.717, 1.165) is 11.8 Å². The Morgan fingerprint density at radius 2 is 1.16 bits per heavy atom. The molecular weight excluding hydrogens is 374 g/mol. The molecule has 0 unspecified atom stereocenters. The van der Waals surface area contributed by atoms with Gasteiger partial charge in [0.25, 0.3) is 0 Å². The molecule has 172 valence electrons. The molecule has 0 aliphatic heterocycles. The predicted molar refractivity (Wildman–Crippen MR) is 139 cm³/mol. The maximum absolute atomic E-state index is 3.70. The Labute approximate surface area is 193 Å². The average molecular weight is 422 g/mol. The molecule has 1 nitrogen and oxygen atoms in total. The smallest absolute Gasteiger partial charge is 0.0419 e. The number of hydrogen-bond acceptors (Lipinski definition) is 1. The van der Waals surface area contributed by atoms with Crippen LogP contribution in [0.4, 0.5) is 11.4 Å². The van der Waals surface area contributed by atoms with Crippen LogP contribution in [0.1, 0.15) is 103 Å². The third-order valence-electron chi connectivity index (χ3n) is 6.26. The lowest BCUT2D eigenvalue weighted by atomic mass is 9.94. The van der Waals surface area contributed by atoms with Crippen molar-refractivity contribution in [1.29, 1.82) is 0 Å². The van der Waals surface area contributed by atoms with Crippen molar-refractivity contribution in [3.05, 3.63) is 59.7 Å². The van der Waals surface area contributed by atoms with Gasteiger partial charge < -0.3 is 5.32 Å². The predicted octanol–water partition coefficient (Wildman–Crippen LogP) is 9.73. The Balaban J connectivity index is 1.95. The number of hydrogen-bond donors (Lipinski definition) is 1. The lowest BCUT2D eigenvalue weighted by Crippen LogP contribution is -2.02. The molecule has 0 radical (unpaired) electrons. The second-order valence-corrected chi connectivity index (χ2v) is 10.1. The first-order valence-corrected chi connectivity index (χ1v) is 13.0. The number of rotatable bonds is 16. The highest BCUT2D eigenvalue weighted by molar-refractivity contribution is 5.64. The summed E-state index contributed by atoms with van der Waals surface area (Å²) in [7, 11) is 0. The number of unbranched alkanes of at least 4 members (excludes halogenated alkanes) is 6. The fraction of sp³-hybridized carbons (Fsp3) is 0.600. The minimum atomic E-state index is 0.836. The maximum atomic E-state index is 3.70. The number of anilines is 2. The molecule has 31 heavy (non-hydrogen) atoms. The summed E-state index contributed by atoms with van der Waals surface area (Å²) >= 11 is 0. The van der Waals surface area contributed by atoms with Crippen molar-refractivity contribution in [2.24, 2.45) is 11.8 Å². The molecule has 0 heterocycles. The van der Waals surface area contributed by atoms with Crippen molar-refractivity contribution in [3.8, 4) is 0 Å². The average Bonchev–Trinajstić information content (AvgIpc) is 2.74. The van der Waals surface area contributed by atoms with Gasteiger partial charge in [-0.3, -0.25) is 0 Å². The van der Waals surface area contributed by atoms with E-state index in [1.54, 1.807) is 11.1 Å². The van der Waals surface area contributed by atoms with Gasteiger partial charge in [-0.2, -0.15) is 0 Å². The molecule has 1 N–H and O–H groups in total. The fourth-order valence-electron chi connectivity index (χ4n) is 4.39. The molecule has 0 saturated heterocycles. The summed E-state index contributed by atoms with van der Waals surface area (Å²) in [5.74, 6) is 1.68. The standard InChI is InChI=1S/C30H47N/c1-25(2)17-10-5-7-12-19-27-20-16-24-30(31-28-21-13-9-14-22-28)29(27)23-15-8-6-11-18-26(3)4/h9,13-14,16,20-22,24-26,31H,5-8,10-12,15,17-19,23H2,1-4H3. The van der Waals surface area contributed by atoms with Gasteiger partial charge in [-0.25, -0.2) is 0 Å². The quantitative estimate of drug-likeness (QED) is 0.266. The molecule has 2 aromatic carbocycles. The first-order valence-electron chi connectivity index (χ1n) is 13.0. The topological polar surface area (TPSA) is 12.0 Å². The van der Waals surface area contributed by atoms with Crippen molar-refractivity contribution >= 4 is 11.4 Å². The van der Waals surface area contributed by atoms with E-state index in [1.165, 1.54) is 88.4 Å². The van der Waals surface area contributed by atoms with Gasteiger partial charge in [0, 0.05) is 11.4 Å². The highest BCUT2D eigenvalue weighted by atomic mass is 14.9. The monoisotopic (exact) mass is 421 g/mol. The van der Waals surface area contributed by atoms with Crippen LogP contribution in [0, 0.1) is 11.8 Å². The molecule has 0 fully saturated rings. The minimum absolute atomic E-state index is 0.836. The summed E-state index contributed by atoms with van der Waals surface area (Å²) in [5, 5.41) is 3.70. The van der Waals surface area contributed by atoms with Gasteiger partial charge in [0.2, 0.25) is 0 Å². The van der Waals surface area contributed by atoms with Gasteiger partial charge in [-0.1, -0.05) is 109 Å². The number of aryl methyl sites for hydroxylation is 1. The van der Waals surface area contributed by atoms with Crippen LogP contribution in [0.15, 0.2) is 48.5 Å². The third-order valence-corrected chi connectivity index (χ3v) is 6.26. The summed E-state index contributed by atoms with van der Waals surface area (Å²) in [6.07, 6.45) is 16.0. The Kier molecular flexibility index (Phi) is 12.4. The van der Waals surface area contributed by atoms with Crippen molar-refractivity contribution in [3.63, 3.8) is 0 Å². The van der Waals surface area contributed by atoms with Crippen molar-refractivity contribution in [2.45, 2.75) is 105 Å². The molecule has 0 amide bonds. The van der Waals surface area contributed by atoms with Crippen LogP contribution in [0.3, 0.4) is 0 Å². The number of para-hydroxylation sites is 1. The van der Waals surface area contributed by atoms with Crippen molar-refractivity contribution in [1.82, 2.24) is 0 Å². The van der Waals surface area contributed by atoms with Gasteiger partial charge in [-0.15, -0.1) is 0 Å². The maximum Gasteiger partial charge on any atom is 0.0419 e. The van der Waals surface area contributed by atoms with Crippen LogP contribution in [0.5, 0.6) is 0 Å². The second-order valence-electron chi connectivity index (χ2n) is 10.1. The zero-order valence-corrected chi connectivity index (χ0v) is 20.8. The van der Waals surface area contributed by atoms with Gasteiger partial charge in [0.1, 0.15) is 0 Å². The van der Waals surface area contributed by atoms with Gasteiger partial charge in [0.15, 0.2) is 0 Å². The van der Waals surface area contributed by atoms with E-state index >= 15 is 0 Å². The Bertz CT molecular complexity index is 702. The Morgan fingerprint density at radius 1 is 0.581 bits per heavy atom. The molecule has 0 aliphatic carbocycles. The zero-order chi connectivity index (χ0) is 22.3. The molecule has 0 saturated carbocycles. The van der Waals surface area contributed by atoms with Gasteiger partial charge in [0.05, 0.1) is 0 Å². The van der Waals surface area contributed by atoms with E-state index in [4.69, 9.17) is 0 Å².